The van der Waals surface area contributed by atoms with Gasteiger partial charge in [-0.2, -0.15) is 0 Å². The average molecular weight is 294 g/mol. The maximum Gasteiger partial charge on any atom is 0.278 e. The third-order valence-corrected chi connectivity index (χ3v) is 2.78. The van der Waals surface area contributed by atoms with Gasteiger partial charge in [-0.15, -0.1) is 10.2 Å². The summed E-state index contributed by atoms with van der Waals surface area (Å²) in [7, 11) is 0. The minimum atomic E-state index is 0.260. The molecule has 1 aliphatic rings. The van der Waals surface area contributed by atoms with Crippen LogP contribution in [-0.2, 0) is 4.74 Å². The Balaban J connectivity index is 2.15. The zero-order valence-corrected chi connectivity index (χ0v) is 9.52. The van der Waals surface area contributed by atoms with Crippen LogP contribution in [0.1, 0.15) is 31.6 Å². The Kier molecular flexibility index (Phi) is 2.83. The van der Waals surface area contributed by atoms with Crippen LogP contribution in [0, 0.1) is 3.90 Å². The highest BCUT2D eigenvalue weighted by Gasteiger charge is 2.32. The molecular formula is C8H11IN2O2. The highest BCUT2D eigenvalue weighted by Crippen LogP contribution is 2.32. The minimum Gasteiger partial charge on any atom is -0.416 e. The monoisotopic (exact) mass is 294 g/mol. The second kappa shape index (κ2) is 3.91. The fourth-order valence-corrected chi connectivity index (χ4v) is 2.03. The second-order valence-electron chi connectivity index (χ2n) is 3.11. The lowest BCUT2D eigenvalue weighted by Gasteiger charge is -2.11. The number of hydrogen-bond donors (Lipinski definition) is 0. The zero-order chi connectivity index (χ0) is 9.26. The molecule has 0 aliphatic carbocycles. The first-order chi connectivity index (χ1) is 6.31. The van der Waals surface area contributed by atoms with Crippen molar-refractivity contribution in [1.29, 1.82) is 0 Å². The van der Waals surface area contributed by atoms with E-state index in [1.165, 1.54) is 0 Å². The summed E-state index contributed by atoms with van der Waals surface area (Å²) in [5, 5.41) is 7.84. The summed E-state index contributed by atoms with van der Waals surface area (Å²) in [6.07, 6.45) is 2.26. The summed E-state index contributed by atoms with van der Waals surface area (Å²) in [6, 6.07) is 0. The molecule has 1 aliphatic heterocycles. The van der Waals surface area contributed by atoms with Crippen LogP contribution in [0.5, 0.6) is 0 Å². The molecule has 0 aromatic carbocycles. The Morgan fingerprint density at radius 2 is 2.38 bits per heavy atom. The van der Waals surface area contributed by atoms with Crippen molar-refractivity contribution in [3.05, 3.63) is 9.79 Å². The quantitative estimate of drug-likeness (QED) is 0.782. The molecule has 1 fully saturated rings. The molecule has 0 saturated carbocycles. The van der Waals surface area contributed by atoms with Crippen molar-refractivity contribution in [1.82, 2.24) is 10.2 Å². The number of hydrogen-bond acceptors (Lipinski definition) is 4. The molecule has 1 aromatic rings. The predicted molar refractivity (Wildman–Crippen MR) is 54.4 cm³/mol. The molecule has 2 heterocycles. The van der Waals surface area contributed by atoms with Crippen LogP contribution in [-0.4, -0.2) is 22.9 Å². The smallest absolute Gasteiger partial charge is 0.278 e. The Morgan fingerprint density at radius 3 is 3.00 bits per heavy atom. The van der Waals surface area contributed by atoms with Gasteiger partial charge in [0.25, 0.3) is 3.90 Å². The van der Waals surface area contributed by atoms with Gasteiger partial charge in [0.15, 0.2) is 0 Å². The fourth-order valence-electron chi connectivity index (χ4n) is 1.70. The topological polar surface area (TPSA) is 48.2 Å². The summed E-state index contributed by atoms with van der Waals surface area (Å²) in [6.45, 7) is 2.92. The zero-order valence-electron chi connectivity index (χ0n) is 7.36. The third kappa shape index (κ3) is 1.85. The van der Waals surface area contributed by atoms with Gasteiger partial charge in [0.1, 0.15) is 0 Å². The van der Waals surface area contributed by atoms with Crippen molar-refractivity contribution in [2.45, 2.75) is 31.8 Å². The molecule has 0 N–H and O–H groups in total. The molecule has 0 amide bonds. The molecule has 13 heavy (non-hydrogen) atoms. The average Bonchev–Trinajstić information content (AvgIpc) is 2.71. The van der Waals surface area contributed by atoms with Crippen molar-refractivity contribution >= 4 is 22.6 Å². The van der Waals surface area contributed by atoms with E-state index in [1.54, 1.807) is 0 Å². The summed E-state index contributed by atoms with van der Waals surface area (Å²) >= 11 is 2.03. The van der Waals surface area contributed by atoms with Crippen LogP contribution in [0.3, 0.4) is 0 Å². The van der Waals surface area contributed by atoms with E-state index in [0.29, 0.717) is 9.82 Å². The van der Waals surface area contributed by atoms with Crippen LogP contribution in [0.4, 0.5) is 0 Å². The number of aromatic nitrogens is 2. The fraction of sp³-hybridized carbons (Fsp3) is 0.750. The van der Waals surface area contributed by atoms with Gasteiger partial charge in [0.2, 0.25) is 5.89 Å². The van der Waals surface area contributed by atoms with Crippen molar-refractivity contribution < 1.29 is 9.15 Å². The van der Waals surface area contributed by atoms with E-state index >= 15 is 0 Å². The highest BCUT2D eigenvalue weighted by molar-refractivity contribution is 14.1. The van der Waals surface area contributed by atoms with Crippen molar-refractivity contribution in [3.8, 4) is 0 Å². The molecule has 2 unspecified atom stereocenters. The lowest BCUT2D eigenvalue weighted by molar-refractivity contribution is 0.0963. The molecular weight excluding hydrogens is 283 g/mol. The molecule has 72 valence electrons. The number of halogens is 1. The Hall–Kier alpha value is -0.170. The van der Waals surface area contributed by atoms with E-state index in [9.17, 15) is 0 Å². The molecule has 2 atom stereocenters. The van der Waals surface area contributed by atoms with E-state index in [1.807, 2.05) is 22.6 Å². The van der Waals surface area contributed by atoms with E-state index in [2.05, 4.69) is 17.1 Å². The molecule has 0 spiro atoms. The van der Waals surface area contributed by atoms with Gasteiger partial charge in [0, 0.05) is 29.2 Å². The first kappa shape index (κ1) is 9.39. The van der Waals surface area contributed by atoms with Crippen LogP contribution in [0.2, 0.25) is 0 Å². The van der Waals surface area contributed by atoms with Gasteiger partial charge >= 0.3 is 0 Å². The molecule has 5 heteroatoms. The number of rotatable bonds is 2. The summed E-state index contributed by atoms with van der Waals surface area (Å²) in [5.74, 6) is 1.04. The first-order valence-electron chi connectivity index (χ1n) is 4.41. The van der Waals surface area contributed by atoms with Gasteiger partial charge in [-0.1, -0.05) is 6.92 Å². The third-order valence-electron chi connectivity index (χ3n) is 2.35. The Morgan fingerprint density at radius 1 is 1.54 bits per heavy atom. The lowest BCUT2D eigenvalue weighted by atomic mass is 10.00. The molecule has 1 saturated heterocycles. The van der Waals surface area contributed by atoms with E-state index in [-0.39, 0.29) is 6.10 Å². The maximum absolute atomic E-state index is 5.55. The summed E-state index contributed by atoms with van der Waals surface area (Å²) in [4.78, 5) is 0. The van der Waals surface area contributed by atoms with Crippen molar-refractivity contribution in [2.24, 2.45) is 0 Å². The van der Waals surface area contributed by atoms with Gasteiger partial charge < -0.3 is 9.15 Å². The van der Waals surface area contributed by atoms with Gasteiger partial charge in [-0.3, -0.25) is 0 Å². The predicted octanol–water partition coefficient (Wildman–Crippen LogP) is 1.96. The molecule has 2 rings (SSSR count). The number of nitrogens with zero attached hydrogens (tertiary/aromatic N) is 2. The van der Waals surface area contributed by atoms with E-state index in [0.717, 1.165) is 25.3 Å². The molecule has 0 radical (unpaired) electrons. The summed E-state index contributed by atoms with van der Waals surface area (Å²) < 4.78 is 11.5. The lowest BCUT2D eigenvalue weighted by Crippen LogP contribution is -2.13. The first-order valence-corrected chi connectivity index (χ1v) is 5.49. The maximum atomic E-state index is 5.55. The van der Waals surface area contributed by atoms with Crippen molar-refractivity contribution in [2.75, 3.05) is 6.61 Å². The van der Waals surface area contributed by atoms with Crippen LogP contribution >= 0.6 is 22.6 Å². The Labute approximate surface area is 90.2 Å². The highest BCUT2D eigenvalue weighted by atomic mass is 127. The second-order valence-corrected chi connectivity index (χ2v) is 4.03. The largest absolute Gasteiger partial charge is 0.416 e. The molecule has 0 bridgehead atoms. The number of ether oxygens (including phenoxy) is 1. The van der Waals surface area contributed by atoms with Gasteiger partial charge in [-0.05, 0) is 12.8 Å². The molecule has 4 nitrogen and oxygen atoms in total. The SMILES string of the molecule is CCC1OCCC1c1nnc(I)o1. The van der Waals surface area contributed by atoms with Gasteiger partial charge in [0.05, 0.1) is 12.0 Å². The standard InChI is InChI=1S/C8H11IN2O2/c1-2-6-5(3-4-12-6)7-10-11-8(9)13-7/h5-6H,2-4H2,1H3. The van der Waals surface area contributed by atoms with E-state index < -0.39 is 0 Å². The van der Waals surface area contributed by atoms with Crippen LogP contribution in [0.15, 0.2) is 4.42 Å². The molecule has 1 aromatic heterocycles. The minimum absolute atomic E-state index is 0.260. The normalized spacial score (nSPS) is 28.2. The summed E-state index contributed by atoms with van der Waals surface area (Å²) in [5.41, 5.74) is 0. The van der Waals surface area contributed by atoms with Gasteiger partial charge in [-0.25, -0.2) is 0 Å². The van der Waals surface area contributed by atoms with Crippen LogP contribution < -0.4 is 0 Å². The Bertz CT molecular complexity index is 289. The van der Waals surface area contributed by atoms with E-state index in [4.69, 9.17) is 9.15 Å². The van der Waals surface area contributed by atoms with Crippen LogP contribution in [0.25, 0.3) is 0 Å². The van der Waals surface area contributed by atoms with Crippen molar-refractivity contribution in [3.63, 3.8) is 0 Å².